The lowest BCUT2D eigenvalue weighted by atomic mass is 10.1. The molecule has 0 spiro atoms. The van der Waals surface area contributed by atoms with Gasteiger partial charge in [0.25, 0.3) is 0 Å². The van der Waals surface area contributed by atoms with Crippen molar-refractivity contribution in [2.75, 3.05) is 7.11 Å². The van der Waals surface area contributed by atoms with E-state index in [9.17, 15) is 0 Å². The third kappa shape index (κ3) is 3.02. The summed E-state index contributed by atoms with van der Waals surface area (Å²) in [4.78, 5) is 9.70. The Labute approximate surface area is 135 Å². The molecule has 0 aliphatic heterocycles. The highest BCUT2D eigenvalue weighted by molar-refractivity contribution is 6.31. The molecular weight excluding hydrogens is 298 g/mol. The fourth-order valence-electron chi connectivity index (χ4n) is 2.66. The lowest BCUT2D eigenvalue weighted by Gasteiger charge is -2.11. The molecule has 0 aliphatic rings. The molecule has 0 aliphatic carbocycles. The number of hydrogen-bond donors (Lipinski definition) is 0. The van der Waals surface area contributed by atoms with E-state index in [-0.39, 0.29) is 0 Å². The van der Waals surface area contributed by atoms with Gasteiger partial charge in [0, 0.05) is 22.8 Å². The quantitative estimate of drug-likeness (QED) is 0.502. The minimum absolute atomic E-state index is 0.433. The zero-order chi connectivity index (χ0) is 15.5. The van der Waals surface area contributed by atoms with Gasteiger partial charge in [-0.15, -0.1) is 0 Å². The van der Waals surface area contributed by atoms with Crippen LogP contribution in [0.2, 0.25) is 5.02 Å². The van der Waals surface area contributed by atoms with Gasteiger partial charge in [-0.3, -0.25) is 0 Å². The van der Waals surface area contributed by atoms with Crippen molar-refractivity contribution in [3.63, 3.8) is 0 Å². The van der Waals surface area contributed by atoms with Crippen molar-refractivity contribution >= 4 is 22.5 Å². The summed E-state index contributed by atoms with van der Waals surface area (Å²) in [5.41, 5.74) is 4.57. The number of nitrogens with zero attached hydrogens (tertiary/aromatic N) is 1. The van der Waals surface area contributed by atoms with E-state index in [1.165, 1.54) is 23.7 Å². The van der Waals surface area contributed by atoms with Gasteiger partial charge in [0.1, 0.15) is 6.61 Å². The average molecular weight is 316 g/mol. The highest BCUT2D eigenvalue weighted by Gasteiger charge is 2.09. The van der Waals surface area contributed by atoms with E-state index >= 15 is 0 Å². The van der Waals surface area contributed by atoms with E-state index in [0.29, 0.717) is 6.61 Å². The largest absolute Gasteiger partial charge is 0.340 e. The van der Waals surface area contributed by atoms with Crippen molar-refractivity contribution in [2.24, 2.45) is 0 Å². The summed E-state index contributed by atoms with van der Waals surface area (Å²) in [5.74, 6) is 0. The fraction of sp³-hybridized carbons (Fsp3) is 0.222. The number of halogens is 1. The van der Waals surface area contributed by atoms with Crippen molar-refractivity contribution < 1.29 is 9.78 Å². The number of fused-ring (bicyclic) bond motifs is 1. The molecule has 0 atom stereocenters. The van der Waals surface area contributed by atoms with Crippen LogP contribution in [-0.2, 0) is 22.9 Å². The highest BCUT2D eigenvalue weighted by atomic mass is 35.5. The summed E-state index contributed by atoms with van der Waals surface area (Å²) in [5, 5.41) is 2.01. The van der Waals surface area contributed by atoms with Gasteiger partial charge in [-0.2, -0.15) is 0 Å². The first kappa shape index (κ1) is 15.1. The molecule has 0 N–H and O–H groups in total. The summed E-state index contributed by atoms with van der Waals surface area (Å²) in [6.07, 6.45) is 0. The molecule has 22 heavy (non-hydrogen) atoms. The molecule has 0 unspecified atom stereocenters. The summed E-state index contributed by atoms with van der Waals surface area (Å²) >= 11 is 6.29. The molecule has 4 heteroatoms. The minimum Gasteiger partial charge on any atom is -0.340 e. The second-order valence-corrected chi connectivity index (χ2v) is 5.69. The molecule has 1 aromatic heterocycles. The molecule has 1 heterocycles. The van der Waals surface area contributed by atoms with Crippen LogP contribution < -0.4 is 0 Å². The van der Waals surface area contributed by atoms with E-state index in [2.05, 4.69) is 46.7 Å². The van der Waals surface area contributed by atoms with E-state index in [4.69, 9.17) is 16.5 Å². The minimum atomic E-state index is 0.433. The van der Waals surface area contributed by atoms with Crippen LogP contribution in [0, 0.1) is 6.92 Å². The van der Waals surface area contributed by atoms with Crippen LogP contribution in [-0.4, -0.2) is 11.7 Å². The zero-order valence-corrected chi connectivity index (χ0v) is 13.4. The van der Waals surface area contributed by atoms with Gasteiger partial charge < -0.3 is 4.57 Å². The zero-order valence-electron chi connectivity index (χ0n) is 12.7. The number of hydrogen-bond acceptors (Lipinski definition) is 2. The van der Waals surface area contributed by atoms with Gasteiger partial charge in [-0.25, -0.2) is 9.78 Å². The first-order chi connectivity index (χ1) is 10.7. The molecule has 0 radical (unpaired) electrons. The number of aryl methyl sites for hydroxylation is 1. The Morgan fingerprint density at radius 1 is 1.09 bits per heavy atom. The second kappa shape index (κ2) is 6.53. The molecule has 2 aromatic carbocycles. The van der Waals surface area contributed by atoms with Gasteiger partial charge >= 0.3 is 0 Å². The Hall–Kier alpha value is -1.81. The van der Waals surface area contributed by atoms with E-state index in [0.717, 1.165) is 22.7 Å². The van der Waals surface area contributed by atoms with Crippen LogP contribution in [0.5, 0.6) is 0 Å². The standard InChI is InChI=1S/C18H18ClNO2/c1-13-9-15-8-7-14(12-22-21-2)10-18(15)20(13)11-16-5-3-4-6-17(16)19/h3-10H,11-12H2,1-2H3. The first-order valence-corrected chi connectivity index (χ1v) is 7.54. The topological polar surface area (TPSA) is 23.4 Å². The van der Waals surface area contributed by atoms with Crippen molar-refractivity contribution in [1.82, 2.24) is 4.57 Å². The third-order valence-corrected chi connectivity index (χ3v) is 4.17. The highest BCUT2D eigenvalue weighted by Crippen LogP contribution is 2.24. The molecular formula is C18H18ClNO2. The summed E-state index contributed by atoms with van der Waals surface area (Å²) in [6.45, 7) is 3.30. The Morgan fingerprint density at radius 3 is 2.68 bits per heavy atom. The summed E-state index contributed by atoms with van der Waals surface area (Å²) < 4.78 is 2.27. The van der Waals surface area contributed by atoms with Crippen LogP contribution in [0.4, 0.5) is 0 Å². The maximum absolute atomic E-state index is 6.29. The molecule has 0 amide bonds. The van der Waals surface area contributed by atoms with Gasteiger partial charge in [0.2, 0.25) is 0 Å². The Kier molecular flexibility index (Phi) is 4.48. The Balaban J connectivity index is 2.00. The van der Waals surface area contributed by atoms with Crippen molar-refractivity contribution in [3.05, 3.63) is 70.4 Å². The molecule has 0 fully saturated rings. The maximum Gasteiger partial charge on any atom is 0.107 e. The van der Waals surface area contributed by atoms with E-state index in [1.54, 1.807) is 0 Å². The number of aromatic nitrogens is 1. The van der Waals surface area contributed by atoms with Crippen LogP contribution in [0.15, 0.2) is 48.5 Å². The lowest BCUT2D eigenvalue weighted by molar-refractivity contribution is -0.282. The molecule has 114 valence electrons. The Bertz CT molecular complexity index is 795. The third-order valence-electron chi connectivity index (χ3n) is 3.81. The average Bonchev–Trinajstić information content (AvgIpc) is 2.83. The normalized spacial score (nSPS) is 11.2. The Morgan fingerprint density at radius 2 is 1.91 bits per heavy atom. The van der Waals surface area contributed by atoms with Gasteiger partial charge in [-0.1, -0.05) is 41.9 Å². The number of benzene rings is 2. The monoisotopic (exact) mass is 315 g/mol. The van der Waals surface area contributed by atoms with E-state index in [1.807, 2.05) is 18.2 Å². The van der Waals surface area contributed by atoms with Crippen molar-refractivity contribution in [2.45, 2.75) is 20.1 Å². The summed E-state index contributed by atoms with van der Waals surface area (Å²) in [7, 11) is 1.52. The predicted octanol–water partition coefficient (Wildman–Crippen LogP) is 4.73. The van der Waals surface area contributed by atoms with Crippen LogP contribution in [0.1, 0.15) is 16.8 Å². The maximum atomic E-state index is 6.29. The molecule has 0 saturated heterocycles. The van der Waals surface area contributed by atoms with Gasteiger partial charge in [0.15, 0.2) is 0 Å². The van der Waals surface area contributed by atoms with Gasteiger partial charge in [0.05, 0.1) is 7.11 Å². The van der Waals surface area contributed by atoms with Crippen molar-refractivity contribution in [1.29, 1.82) is 0 Å². The second-order valence-electron chi connectivity index (χ2n) is 5.29. The lowest BCUT2D eigenvalue weighted by Crippen LogP contribution is -2.02. The summed E-state index contributed by atoms with van der Waals surface area (Å²) in [6, 6.07) is 16.4. The predicted molar refractivity (Wildman–Crippen MR) is 89.0 cm³/mol. The fourth-order valence-corrected chi connectivity index (χ4v) is 2.86. The molecule has 0 saturated carbocycles. The molecule has 3 rings (SSSR count). The first-order valence-electron chi connectivity index (χ1n) is 7.17. The number of rotatable bonds is 5. The SMILES string of the molecule is COOCc1ccc2cc(C)n(Cc3ccccc3Cl)c2c1. The van der Waals surface area contributed by atoms with Crippen LogP contribution >= 0.6 is 11.6 Å². The van der Waals surface area contributed by atoms with Crippen LogP contribution in [0.25, 0.3) is 10.9 Å². The van der Waals surface area contributed by atoms with Crippen LogP contribution in [0.3, 0.4) is 0 Å². The van der Waals surface area contributed by atoms with E-state index < -0.39 is 0 Å². The van der Waals surface area contributed by atoms with Gasteiger partial charge in [-0.05, 0) is 41.6 Å². The molecule has 3 nitrogen and oxygen atoms in total. The van der Waals surface area contributed by atoms with Crippen molar-refractivity contribution in [3.8, 4) is 0 Å². The smallest absolute Gasteiger partial charge is 0.107 e. The molecule has 3 aromatic rings. The molecule has 0 bridgehead atoms.